The van der Waals surface area contributed by atoms with Crippen molar-refractivity contribution < 1.29 is 0 Å². The van der Waals surface area contributed by atoms with E-state index in [1.54, 1.807) is 0 Å². The molecule has 0 saturated carbocycles. The number of hydrogen-bond donors (Lipinski definition) is 2. The molecule has 5 nitrogen and oxygen atoms in total. The Morgan fingerprint density at radius 3 is 2.62 bits per heavy atom. The van der Waals surface area contributed by atoms with Crippen LogP contribution < -0.4 is 15.5 Å². The Morgan fingerprint density at radius 2 is 1.92 bits per heavy atom. The van der Waals surface area contributed by atoms with Gasteiger partial charge < -0.3 is 20.4 Å². The van der Waals surface area contributed by atoms with Crippen LogP contribution in [0.1, 0.15) is 40.0 Å². The highest BCUT2D eigenvalue weighted by atomic mass is 15.2. The van der Waals surface area contributed by atoms with Crippen molar-refractivity contribution in [2.75, 3.05) is 50.7 Å². The maximum atomic E-state index is 4.78. The Hall–Kier alpha value is -1.75. The molecule has 2 N–H and O–H groups in total. The van der Waals surface area contributed by atoms with Crippen molar-refractivity contribution in [3.63, 3.8) is 0 Å². The number of aliphatic imine (C=N–C) groups is 1. The molecular weight excluding hydrogens is 322 g/mol. The molecule has 0 aromatic heterocycles. The van der Waals surface area contributed by atoms with Gasteiger partial charge in [0.2, 0.25) is 0 Å². The normalized spacial score (nSPS) is 17.8. The molecule has 0 radical (unpaired) electrons. The number of para-hydroxylation sites is 1. The molecule has 1 unspecified atom stereocenters. The summed E-state index contributed by atoms with van der Waals surface area (Å²) < 4.78 is 0. The van der Waals surface area contributed by atoms with Gasteiger partial charge in [0, 0.05) is 37.9 Å². The molecule has 1 heterocycles. The van der Waals surface area contributed by atoms with Crippen LogP contribution in [0.3, 0.4) is 0 Å². The van der Waals surface area contributed by atoms with Gasteiger partial charge in [0.1, 0.15) is 0 Å². The van der Waals surface area contributed by atoms with Gasteiger partial charge in [-0.15, -0.1) is 0 Å². The van der Waals surface area contributed by atoms with Crippen LogP contribution >= 0.6 is 0 Å². The average Bonchev–Trinajstić information content (AvgIpc) is 3.14. The molecule has 0 bridgehead atoms. The first kappa shape index (κ1) is 20.6. The van der Waals surface area contributed by atoms with Gasteiger partial charge in [-0.05, 0) is 58.0 Å². The second-order valence-corrected chi connectivity index (χ2v) is 6.91. The minimum absolute atomic E-state index is 0.462. The highest BCUT2D eigenvalue weighted by Crippen LogP contribution is 2.19. The van der Waals surface area contributed by atoms with E-state index in [0.29, 0.717) is 6.04 Å². The van der Waals surface area contributed by atoms with Crippen LogP contribution in [0, 0.1) is 0 Å². The predicted octanol–water partition coefficient (Wildman–Crippen LogP) is 2.94. The van der Waals surface area contributed by atoms with Gasteiger partial charge in [-0.3, -0.25) is 4.99 Å². The average molecular weight is 360 g/mol. The standard InChI is InChI=1S/C21H37N5/c1-4-22-21(23-15-10-11-16-25(5-2)6-3)24-19-14-17-26(18-19)20-12-8-7-9-13-20/h7-9,12-13,19H,4-6,10-11,14-18H2,1-3H3,(H2,22,23,24). The largest absolute Gasteiger partial charge is 0.369 e. The summed E-state index contributed by atoms with van der Waals surface area (Å²) in [7, 11) is 0. The maximum Gasteiger partial charge on any atom is 0.191 e. The molecule has 1 aliphatic rings. The number of nitrogens with zero attached hydrogens (tertiary/aromatic N) is 3. The fourth-order valence-electron chi connectivity index (χ4n) is 3.44. The lowest BCUT2D eigenvalue weighted by Gasteiger charge is -2.20. The van der Waals surface area contributed by atoms with Crippen molar-refractivity contribution in [3.8, 4) is 0 Å². The van der Waals surface area contributed by atoms with Gasteiger partial charge in [0.25, 0.3) is 0 Å². The van der Waals surface area contributed by atoms with Crippen LogP contribution in [0.15, 0.2) is 35.3 Å². The number of unbranched alkanes of at least 4 members (excludes halogenated alkanes) is 1. The number of anilines is 1. The molecule has 5 heteroatoms. The van der Waals surface area contributed by atoms with E-state index < -0.39 is 0 Å². The molecule has 1 aromatic rings. The minimum Gasteiger partial charge on any atom is -0.369 e. The van der Waals surface area contributed by atoms with Crippen LogP contribution in [0.2, 0.25) is 0 Å². The number of guanidine groups is 1. The summed E-state index contributed by atoms with van der Waals surface area (Å²) in [4.78, 5) is 9.71. The van der Waals surface area contributed by atoms with Crippen molar-refractivity contribution in [2.24, 2.45) is 4.99 Å². The fourth-order valence-corrected chi connectivity index (χ4v) is 3.44. The molecule has 0 amide bonds. The zero-order chi connectivity index (χ0) is 18.6. The van der Waals surface area contributed by atoms with Crippen LogP contribution in [0.4, 0.5) is 5.69 Å². The summed E-state index contributed by atoms with van der Waals surface area (Å²) in [5.41, 5.74) is 1.31. The third kappa shape index (κ3) is 6.87. The van der Waals surface area contributed by atoms with Crippen LogP contribution in [0.25, 0.3) is 0 Å². The Labute approximate surface area is 159 Å². The highest BCUT2D eigenvalue weighted by molar-refractivity contribution is 5.80. The van der Waals surface area contributed by atoms with Gasteiger partial charge in [-0.1, -0.05) is 32.0 Å². The van der Waals surface area contributed by atoms with E-state index in [9.17, 15) is 0 Å². The molecule has 0 spiro atoms. The lowest BCUT2D eigenvalue weighted by Crippen LogP contribution is -2.44. The van der Waals surface area contributed by atoms with Crippen LogP contribution in [-0.2, 0) is 0 Å². The zero-order valence-corrected chi connectivity index (χ0v) is 16.9. The molecule has 146 valence electrons. The van der Waals surface area contributed by atoms with Crippen molar-refractivity contribution in [3.05, 3.63) is 30.3 Å². The number of nitrogens with one attached hydrogen (secondary N) is 2. The Balaban J connectivity index is 1.75. The second kappa shape index (κ2) is 11.8. The molecule has 1 fully saturated rings. The monoisotopic (exact) mass is 359 g/mol. The molecule has 0 aliphatic carbocycles. The molecule has 2 rings (SSSR count). The van der Waals surface area contributed by atoms with E-state index in [0.717, 1.165) is 58.1 Å². The van der Waals surface area contributed by atoms with E-state index in [-0.39, 0.29) is 0 Å². The predicted molar refractivity (Wildman–Crippen MR) is 113 cm³/mol. The summed E-state index contributed by atoms with van der Waals surface area (Å²) in [5, 5.41) is 7.02. The summed E-state index contributed by atoms with van der Waals surface area (Å²) in [5.74, 6) is 0.968. The molecule has 26 heavy (non-hydrogen) atoms. The van der Waals surface area contributed by atoms with E-state index >= 15 is 0 Å². The van der Waals surface area contributed by atoms with Crippen LogP contribution in [-0.4, -0.2) is 62.7 Å². The van der Waals surface area contributed by atoms with Gasteiger partial charge in [-0.25, -0.2) is 0 Å². The molecule has 1 aromatic carbocycles. The summed E-state index contributed by atoms with van der Waals surface area (Å²) in [6.07, 6.45) is 3.52. The zero-order valence-electron chi connectivity index (χ0n) is 16.9. The third-order valence-electron chi connectivity index (χ3n) is 5.04. The van der Waals surface area contributed by atoms with Crippen molar-refractivity contribution >= 4 is 11.6 Å². The van der Waals surface area contributed by atoms with Gasteiger partial charge >= 0.3 is 0 Å². The quantitative estimate of drug-likeness (QED) is 0.383. The Morgan fingerprint density at radius 1 is 1.15 bits per heavy atom. The highest BCUT2D eigenvalue weighted by Gasteiger charge is 2.23. The molecule has 1 aliphatic heterocycles. The smallest absolute Gasteiger partial charge is 0.191 e. The first-order chi connectivity index (χ1) is 12.8. The summed E-state index contributed by atoms with van der Waals surface area (Å²) >= 11 is 0. The van der Waals surface area contributed by atoms with E-state index in [2.05, 4.69) is 71.5 Å². The lowest BCUT2D eigenvalue weighted by molar-refractivity contribution is 0.297. The topological polar surface area (TPSA) is 42.9 Å². The molecule has 1 saturated heterocycles. The van der Waals surface area contributed by atoms with E-state index in [1.165, 1.54) is 18.7 Å². The van der Waals surface area contributed by atoms with Crippen LogP contribution in [0.5, 0.6) is 0 Å². The SMILES string of the molecule is CCNC(=NCCCCN(CC)CC)NC1CCN(c2ccccc2)C1. The maximum absolute atomic E-state index is 4.78. The Kier molecular flexibility index (Phi) is 9.32. The molecular formula is C21H37N5. The third-order valence-corrected chi connectivity index (χ3v) is 5.04. The first-order valence-electron chi connectivity index (χ1n) is 10.3. The van der Waals surface area contributed by atoms with Crippen molar-refractivity contribution in [2.45, 2.75) is 46.1 Å². The Bertz CT molecular complexity index is 512. The van der Waals surface area contributed by atoms with Gasteiger partial charge in [-0.2, -0.15) is 0 Å². The number of benzene rings is 1. The fraction of sp³-hybridized carbons (Fsp3) is 0.667. The molecule has 1 atom stereocenters. The summed E-state index contributed by atoms with van der Waals surface area (Å²) in [6.45, 7) is 14.0. The van der Waals surface area contributed by atoms with Gasteiger partial charge in [0.15, 0.2) is 5.96 Å². The lowest BCUT2D eigenvalue weighted by atomic mass is 10.2. The number of hydrogen-bond acceptors (Lipinski definition) is 3. The van der Waals surface area contributed by atoms with Gasteiger partial charge in [0.05, 0.1) is 0 Å². The van der Waals surface area contributed by atoms with Crippen molar-refractivity contribution in [1.82, 2.24) is 15.5 Å². The summed E-state index contributed by atoms with van der Waals surface area (Å²) in [6, 6.07) is 11.1. The van der Waals surface area contributed by atoms with E-state index in [4.69, 9.17) is 4.99 Å². The number of rotatable bonds is 10. The minimum atomic E-state index is 0.462. The first-order valence-corrected chi connectivity index (χ1v) is 10.3. The second-order valence-electron chi connectivity index (χ2n) is 6.91. The van der Waals surface area contributed by atoms with Crippen molar-refractivity contribution in [1.29, 1.82) is 0 Å². The van der Waals surface area contributed by atoms with E-state index in [1.807, 2.05) is 0 Å².